The first-order valence-electron chi connectivity index (χ1n) is 12.5. The van der Waals surface area contributed by atoms with E-state index in [4.69, 9.17) is 4.74 Å². The van der Waals surface area contributed by atoms with Crippen LogP contribution in [0.15, 0.2) is 54.6 Å². The van der Waals surface area contributed by atoms with Gasteiger partial charge in [0, 0.05) is 25.7 Å². The summed E-state index contributed by atoms with van der Waals surface area (Å²) in [6.07, 6.45) is 6.41. The second-order valence-electron chi connectivity index (χ2n) is 10.6. The maximum absolute atomic E-state index is 13.1. The van der Waals surface area contributed by atoms with Crippen molar-refractivity contribution < 1.29 is 9.53 Å². The molecule has 7 rings (SSSR count). The molecule has 2 aromatic rings. The van der Waals surface area contributed by atoms with E-state index in [9.17, 15) is 4.79 Å². The molecule has 1 amide bonds. The standard InChI is InChI=1S/C28H34N2O2/c31-28(29-27-24-13-20-12-21(15-24)16-25(27)14-20)26-18-30(10-11-32-26)17-19-6-8-23(9-7-19)22-4-2-1-3-5-22/h1-9,20-21,24-27H,10-18H2,(H,29,31). The van der Waals surface area contributed by atoms with Crippen molar-refractivity contribution in [1.29, 1.82) is 0 Å². The molecule has 1 N–H and O–H groups in total. The summed E-state index contributed by atoms with van der Waals surface area (Å²) in [6.45, 7) is 3.05. The van der Waals surface area contributed by atoms with Gasteiger partial charge in [0.05, 0.1) is 6.61 Å². The smallest absolute Gasteiger partial charge is 0.250 e. The number of nitrogens with zero attached hydrogens (tertiary/aromatic N) is 1. The molecule has 5 fully saturated rings. The van der Waals surface area contributed by atoms with Crippen molar-refractivity contribution in [3.05, 3.63) is 60.2 Å². The van der Waals surface area contributed by atoms with Crippen LogP contribution in [0.4, 0.5) is 0 Å². The van der Waals surface area contributed by atoms with E-state index in [0.717, 1.165) is 24.9 Å². The number of hydrogen-bond donors (Lipinski definition) is 1. The second-order valence-corrected chi connectivity index (χ2v) is 10.6. The van der Waals surface area contributed by atoms with Gasteiger partial charge in [-0.15, -0.1) is 0 Å². The van der Waals surface area contributed by atoms with E-state index in [1.165, 1.54) is 48.8 Å². The van der Waals surface area contributed by atoms with E-state index in [2.05, 4.69) is 58.7 Å². The highest BCUT2D eigenvalue weighted by molar-refractivity contribution is 5.81. The highest BCUT2D eigenvalue weighted by Crippen LogP contribution is 2.53. The highest BCUT2D eigenvalue weighted by atomic mass is 16.5. The third-order valence-corrected chi connectivity index (χ3v) is 8.45. The zero-order valence-corrected chi connectivity index (χ0v) is 18.8. The molecule has 0 aromatic heterocycles. The first-order chi connectivity index (χ1) is 15.7. The number of carbonyl (C=O) groups excluding carboxylic acids is 1. The third-order valence-electron chi connectivity index (χ3n) is 8.45. The molecule has 0 spiro atoms. The highest BCUT2D eigenvalue weighted by Gasteiger charge is 2.49. The first-order valence-corrected chi connectivity index (χ1v) is 12.5. The summed E-state index contributed by atoms with van der Waals surface area (Å²) in [7, 11) is 0. The molecule has 1 atom stereocenters. The Labute approximate surface area is 191 Å². The fourth-order valence-corrected chi connectivity index (χ4v) is 7.11. The molecule has 1 aliphatic heterocycles. The molecule has 4 heteroatoms. The van der Waals surface area contributed by atoms with E-state index in [0.29, 0.717) is 31.0 Å². The predicted molar refractivity (Wildman–Crippen MR) is 126 cm³/mol. The summed E-state index contributed by atoms with van der Waals surface area (Å²) < 4.78 is 5.92. The quantitative estimate of drug-likeness (QED) is 0.760. The molecule has 4 nitrogen and oxygen atoms in total. The molecular formula is C28H34N2O2. The molecule has 4 bridgehead atoms. The average Bonchev–Trinajstić information content (AvgIpc) is 2.82. The maximum atomic E-state index is 13.1. The topological polar surface area (TPSA) is 41.6 Å². The van der Waals surface area contributed by atoms with Crippen LogP contribution in [0.5, 0.6) is 0 Å². The number of benzene rings is 2. The van der Waals surface area contributed by atoms with Crippen molar-refractivity contribution in [3.63, 3.8) is 0 Å². The molecule has 1 unspecified atom stereocenters. The van der Waals surface area contributed by atoms with Gasteiger partial charge in [0.25, 0.3) is 5.91 Å². The average molecular weight is 431 g/mol. The molecular weight excluding hydrogens is 396 g/mol. The largest absolute Gasteiger partial charge is 0.366 e. The molecule has 0 radical (unpaired) electrons. The number of nitrogens with one attached hydrogen (secondary N) is 1. The van der Waals surface area contributed by atoms with Gasteiger partial charge >= 0.3 is 0 Å². The first kappa shape index (κ1) is 20.4. The van der Waals surface area contributed by atoms with E-state index in [1.54, 1.807) is 0 Å². The molecule has 2 aromatic carbocycles. The van der Waals surface area contributed by atoms with Crippen LogP contribution < -0.4 is 5.32 Å². The number of morpholine rings is 1. The summed E-state index contributed by atoms with van der Waals surface area (Å²) in [5.74, 6) is 3.39. The summed E-state index contributed by atoms with van der Waals surface area (Å²) in [5.41, 5.74) is 3.77. The summed E-state index contributed by atoms with van der Waals surface area (Å²) in [5, 5.41) is 3.45. The number of amides is 1. The Balaban J connectivity index is 1.05. The number of rotatable bonds is 5. The number of ether oxygens (including phenoxy) is 1. The lowest BCUT2D eigenvalue weighted by Crippen LogP contribution is -2.59. The lowest BCUT2D eigenvalue weighted by molar-refractivity contribution is -0.142. The Morgan fingerprint density at radius 3 is 2.22 bits per heavy atom. The Bertz CT molecular complexity index is 914. The van der Waals surface area contributed by atoms with Crippen molar-refractivity contribution in [2.75, 3.05) is 19.7 Å². The minimum absolute atomic E-state index is 0.117. The molecule has 4 aliphatic carbocycles. The van der Waals surface area contributed by atoms with Gasteiger partial charge in [-0.3, -0.25) is 9.69 Å². The van der Waals surface area contributed by atoms with E-state index < -0.39 is 0 Å². The zero-order valence-electron chi connectivity index (χ0n) is 18.8. The molecule has 1 saturated heterocycles. The normalized spacial score (nSPS) is 33.9. The van der Waals surface area contributed by atoms with Gasteiger partial charge in [-0.05, 0) is 72.5 Å². The Kier molecular flexibility index (Phi) is 5.52. The van der Waals surface area contributed by atoms with Gasteiger partial charge in [-0.25, -0.2) is 0 Å². The Morgan fingerprint density at radius 1 is 0.875 bits per heavy atom. The minimum Gasteiger partial charge on any atom is -0.366 e. The van der Waals surface area contributed by atoms with Crippen LogP contribution >= 0.6 is 0 Å². The summed E-state index contributed by atoms with van der Waals surface area (Å²) in [6, 6.07) is 19.7. The minimum atomic E-state index is -0.343. The van der Waals surface area contributed by atoms with Crippen LogP contribution in [-0.4, -0.2) is 42.6 Å². The fraction of sp³-hybridized carbons (Fsp3) is 0.536. The molecule has 5 aliphatic rings. The van der Waals surface area contributed by atoms with Crippen LogP contribution in [0, 0.1) is 23.7 Å². The SMILES string of the molecule is O=C(NC1C2CC3CC(C2)CC1C3)C1CN(Cc2ccc(-c3ccccc3)cc2)CCO1. The van der Waals surface area contributed by atoms with Gasteiger partial charge < -0.3 is 10.1 Å². The van der Waals surface area contributed by atoms with E-state index in [-0.39, 0.29) is 12.0 Å². The van der Waals surface area contributed by atoms with Crippen molar-refractivity contribution in [2.45, 2.75) is 50.8 Å². The third kappa shape index (κ3) is 4.11. The molecule has 168 valence electrons. The van der Waals surface area contributed by atoms with Crippen molar-refractivity contribution in [2.24, 2.45) is 23.7 Å². The lowest BCUT2D eigenvalue weighted by atomic mass is 9.54. The lowest BCUT2D eigenvalue weighted by Gasteiger charge is -2.54. The van der Waals surface area contributed by atoms with Crippen molar-refractivity contribution in [3.8, 4) is 11.1 Å². The monoisotopic (exact) mass is 430 g/mol. The fourth-order valence-electron chi connectivity index (χ4n) is 7.11. The van der Waals surface area contributed by atoms with Crippen molar-refractivity contribution >= 4 is 5.91 Å². The van der Waals surface area contributed by atoms with E-state index >= 15 is 0 Å². The molecule has 4 saturated carbocycles. The van der Waals surface area contributed by atoms with Gasteiger partial charge in [0.2, 0.25) is 0 Å². The van der Waals surface area contributed by atoms with Gasteiger partial charge in [-0.2, -0.15) is 0 Å². The zero-order chi connectivity index (χ0) is 21.5. The molecule has 1 heterocycles. The summed E-state index contributed by atoms with van der Waals surface area (Å²) in [4.78, 5) is 15.5. The second kappa shape index (κ2) is 8.64. The van der Waals surface area contributed by atoms with Gasteiger partial charge in [0.15, 0.2) is 0 Å². The van der Waals surface area contributed by atoms with Crippen LogP contribution in [0.25, 0.3) is 11.1 Å². The van der Waals surface area contributed by atoms with Gasteiger partial charge in [0.1, 0.15) is 6.10 Å². The van der Waals surface area contributed by atoms with E-state index in [1.807, 2.05) is 6.07 Å². The predicted octanol–water partition coefficient (Wildman–Crippen LogP) is 4.50. The van der Waals surface area contributed by atoms with Crippen molar-refractivity contribution in [1.82, 2.24) is 10.2 Å². The van der Waals surface area contributed by atoms with Crippen LogP contribution in [0.1, 0.15) is 37.7 Å². The maximum Gasteiger partial charge on any atom is 0.250 e. The number of carbonyl (C=O) groups is 1. The Hall–Kier alpha value is -2.17. The van der Waals surface area contributed by atoms with Crippen LogP contribution in [0.3, 0.4) is 0 Å². The van der Waals surface area contributed by atoms with Crippen LogP contribution in [-0.2, 0) is 16.1 Å². The summed E-state index contributed by atoms with van der Waals surface area (Å²) >= 11 is 0. The molecule has 32 heavy (non-hydrogen) atoms. The van der Waals surface area contributed by atoms with Crippen LogP contribution in [0.2, 0.25) is 0 Å². The number of hydrogen-bond acceptors (Lipinski definition) is 3. The Morgan fingerprint density at radius 2 is 1.53 bits per heavy atom. The van der Waals surface area contributed by atoms with Gasteiger partial charge in [-0.1, -0.05) is 54.6 Å².